The van der Waals surface area contributed by atoms with Crippen LogP contribution in [0.5, 0.6) is 0 Å². The molecule has 1 atom stereocenters. The lowest BCUT2D eigenvalue weighted by molar-refractivity contribution is -0.385. The van der Waals surface area contributed by atoms with Crippen molar-refractivity contribution in [3.63, 3.8) is 0 Å². The fourth-order valence-corrected chi connectivity index (χ4v) is 2.24. The number of hydrogen-bond donors (Lipinski definition) is 0. The first-order chi connectivity index (χ1) is 9.76. The number of amides is 1. The minimum absolute atomic E-state index is 0.0271. The Morgan fingerprint density at radius 1 is 1.48 bits per heavy atom. The summed E-state index contributed by atoms with van der Waals surface area (Å²) >= 11 is 0. The molecule has 0 aliphatic carbocycles. The van der Waals surface area contributed by atoms with E-state index in [1.807, 2.05) is 20.8 Å². The van der Waals surface area contributed by atoms with Gasteiger partial charge in [-0.25, -0.2) is 4.79 Å². The summed E-state index contributed by atoms with van der Waals surface area (Å²) in [4.78, 5) is 27.9. The number of nitro groups is 1. The van der Waals surface area contributed by atoms with Gasteiger partial charge in [-0.3, -0.25) is 15.1 Å². The number of carbonyl (C=O) groups excluding carboxylic acids is 1. The molecule has 0 N–H and O–H groups in total. The van der Waals surface area contributed by atoms with Gasteiger partial charge in [0.15, 0.2) is 0 Å². The molecule has 1 aromatic rings. The van der Waals surface area contributed by atoms with E-state index < -0.39 is 10.5 Å². The Labute approximate surface area is 123 Å². The van der Waals surface area contributed by atoms with Crippen molar-refractivity contribution in [2.75, 3.05) is 13.1 Å². The summed E-state index contributed by atoms with van der Waals surface area (Å²) in [5, 5.41) is 10.6. The van der Waals surface area contributed by atoms with Gasteiger partial charge in [0.1, 0.15) is 11.8 Å². The highest BCUT2D eigenvalue weighted by molar-refractivity contribution is 5.68. The molecule has 2 heterocycles. The minimum Gasteiger partial charge on any atom is -0.444 e. The van der Waals surface area contributed by atoms with Crippen LogP contribution < -0.4 is 0 Å². The topological polar surface area (TPSA) is 85.6 Å². The van der Waals surface area contributed by atoms with Crippen LogP contribution in [0.15, 0.2) is 18.3 Å². The van der Waals surface area contributed by atoms with E-state index in [2.05, 4.69) is 4.98 Å². The molecule has 0 spiro atoms. The Bertz CT molecular complexity index is 536. The molecule has 1 amide bonds. The second kappa shape index (κ2) is 5.67. The predicted octanol–water partition coefficient (Wildman–Crippen LogP) is 2.71. The molecule has 0 saturated carbocycles. The van der Waals surface area contributed by atoms with Crippen LogP contribution in [-0.2, 0) is 4.74 Å². The van der Waals surface area contributed by atoms with E-state index in [1.165, 1.54) is 12.3 Å². The molecule has 1 aliphatic heterocycles. The van der Waals surface area contributed by atoms with Gasteiger partial charge in [-0.1, -0.05) is 0 Å². The Balaban J connectivity index is 1.99. The van der Waals surface area contributed by atoms with Gasteiger partial charge in [0, 0.05) is 30.8 Å². The normalized spacial score (nSPS) is 18.6. The molecule has 1 aliphatic rings. The van der Waals surface area contributed by atoms with Crippen LogP contribution in [0.3, 0.4) is 0 Å². The van der Waals surface area contributed by atoms with Crippen LogP contribution in [0.4, 0.5) is 10.5 Å². The van der Waals surface area contributed by atoms with Crippen molar-refractivity contribution in [2.45, 2.75) is 38.7 Å². The SMILES string of the molecule is CC(C)(C)OC(=O)N1CC[C@@H](c2ccc([N+](=O)[O-])cn2)C1. The third kappa shape index (κ3) is 3.90. The van der Waals surface area contributed by atoms with Crippen LogP contribution in [0.1, 0.15) is 38.8 Å². The molecular formula is C14H19N3O4. The summed E-state index contributed by atoms with van der Waals surface area (Å²) in [7, 11) is 0. The second-order valence-electron chi connectivity index (χ2n) is 6.11. The van der Waals surface area contributed by atoms with Gasteiger partial charge in [-0.05, 0) is 33.3 Å². The zero-order chi connectivity index (χ0) is 15.6. The number of rotatable bonds is 2. The van der Waals surface area contributed by atoms with Crippen LogP contribution in [0.25, 0.3) is 0 Å². The van der Waals surface area contributed by atoms with Crippen molar-refractivity contribution in [2.24, 2.45) is 0 Å². The monoisotopic (exact) mass is 293 g/mol. The largest absolute Gasteiger partial charge is 0.444 e. The van der Waals surface area contributed by atoms with Crippen molar-refractivity contribution >= 4 is 11.8 Å². The molecule has 0 unspecified atom stereocenters. The first-order valence-electron chi connectivity index (χ1n) is 6.84. The molecule has 1 fully saturated rings. The number of nitrogens with zero attached hydrogens (tertiary/aromatic N) is 3. The number of carbonyl (C=O) groups is 1. The zero-order valence-corrected chi connectivity index (χ0v) is 12.4. The van der Waals surface area contributed by atoms with Gasteiger partial charge in [-0.2, -0.15) is 0 Å². The third-order valence-corrected chi connectivity index (χ3v) is 3.24. The van der Waals surface area contributed by atoms with Crippen molar-refractivity contribution < 1.29 is 14.5 Å². The average Bonchev–Trinajstić information content (AvgIpc) is 2.86. The highest BCUT2D eigenvalue weighted by Crippen LogP contribution is 2.27. The summed E-state index contributed by atoms with van der Waals surface area (Å²) in [6.45, 7) is 6.63. The summed E-state index contributed by atoms with van der Waals surface area (Å²) in [6.07, 6.45) is 1.71. The lowest BCUT2D eigenvalue weighted by atomic mass is 10.0. The molecule has 1 aromatic heterocycles. The zero-order valence-electron chi connectivity index (χ0n) is 12.4. The molecule has 7 heteroatoms. The number of aromatic nitrogens is 1. The van der Waals surface area contributed by atoms with E-state index in [9.17, 15) is 14.9 Å². The second-order valence-corrected chi connectivity index (χ2v) is 6.11. The van der Waals surface area contributed by atoms with Gasteiger partial charge in [0.05, 0.1) is 4.92 Å². The Hall–Kier alpha value is -2.18. The van der Waals surface area contributed by atoms with Crippen LogP contribution in [0.2, 0.25) is 0 Å². The molecular weight excluding hydrogens is 274 g/mol. The van der Waals surface area contributed by atoms with Gasteiger partial charge < -0.3 is 9.64 Å². The van der Waals surface area contributed by atoms with E-state index in [-0.39, 0.29) is 17.7 Å². The summed E-state index contributed by atoms with van der Waals surface area (Å²) < 4.78 is 5.33. The van der Waals surface area contributed by atoms with Gasteiger partial charge in [0.25, 0.3) is 5.69 Å². The first-order valence-corrected chi connectivity index (χ1v) is 6.84. The smallest absolute Gasteiger partial charge is 0.410 e. The molecule has 0 bridgehead atoms. The third-order valence-electron chi connectivity index (χ3n) is 3.24. The molecule has 114 valence electrons. The van der Waals surface area contributed by atoms with Crippen molar-refractivity contribution in [1.82, 2.24) is 9.88 Å². The lowest BCUT2D eigenvalue weighted by Crippen LogP contribution is -2.35. The maximum absolute atomic E-state index is 12.0. The maximum Gasteiger partial charge on any atom is 0.410 e. The lowest BCUT2D eigenvalue weighted by Gasteiger charge is -2.24. The molecule has 1 saturated heterocycles. The van der Waals surface area contributed by atoms with Crippen LogP contribution in [0, 0.1) is 10.1 Å². The fourth-order valence-electron chi connectivity index (χ4n) is 2.24. The standard InChI is InChI=1S/C14H19N3O4/c1-14(2,3)21-13(18)16-7-6-10(9-16)12-5-4-11(8-15-12)17(19)20/h4-5,8,10H,6-7,9H2,1-3H3/t10-/m1/s1. The van der Waals surface area contributed by atoms with Gasteiger partial charge in [-0.15, -0.1) is 0 Å². The minimum atomic E-state index is -0.513. The van der Waals surface area contributed by atoms with Crippen molar-refractivity contribution in [3.05, 3.63) is 34.1 Å². The number of hydrogen-bond acceptors (Lipinski definition) is 5. The van der Waals surface area contributed by atoms with Gasteiger partial charge in [0.2, 0.25) is 0 Å². The summed E-state index contributed by atoms with van der Waals surface area (Å²) in [5.41, 5.74) is 0.230. The number of likely N-dealkylation sites (tertiary alicyclic amines) is 1. The fraction of sp³-hybridized carbons (Fsp3) is 0.571. The molecule has 0 aromatic carbocycles. The average molecular weight is 293 g/mol. The van der Waals surface area contributed by atoms with Crippen LogP contribution in [-0.4, -0.2) is 39.6 Å². The molecule has 2 rings (SSSR count). The van der Waals surface area contributed by atoms with E-state index in [0.717, 1.165) is 12.1 Å². The maximum atomic E-state index is 12.0. The van der Waals surface area contributed by atoms with Crippen molar-refractivity contribution in [1.29, 1.82) is 0 Å². The Morgan fingerprint density at radius 3 is 2.71 bits per heavy atom. The number of ether oxygens (including phenoxy) is 1. The molecule has 7 nitrogen and oxygen atoms in total. The first kappa shape index (κ1) is 15.2. The van der Waals surface area contributed by atoms with Gasteiger partial charge >= 0.3 is 6.09 Å². The predicted molar refractivity (Wildman–Crippen MR) is 76.1 cm³/mol. The van der Waals surface area contributed by atoms with E-state index >= 15 is 0 Å². The Kier molecular flexibility index (Phi) is 4.11. The van der Waals surface area contributed by atoms with Crippen molar-refractivity contribution in [3.8, 4) is 0 Å². The molecule has 21 heavy (non-hydrogen) atoms. The molecule has 0 radical (unpaired) electrons. The summed E-state index contributed by atoms with van der Waals surface area (Å²) in [5.74, 6) is 0.0957. The highest BCUT2D eigenvalue weighted by atomic mass is 16.6. The Morgan fingerprint density at radius 2 is 2.19 bits per heavy atom. The number of pyridine rings is 1. The van der Waals surface area contributed by atoms with E-state index in [0.29, 0.717) is 13.1 Å². The quantitative estimate of drug-likeness (QED) is 0.618. The van der Waals surface area contributed by atoms with E-state index in [4.69, 9.17) is 4.74 Å². The van der Waals surface area contributed by atoms with E-state index in [1.54, 1.807) is 11.0 Å². The van der Waals surface area contributed by atoms with Crippen LogP contribution >= 0.6 is 0 Å². The summed E-state index contributed by atoms with van der Waals surface area (Å²) in [6, 6.07) is 3.10. The highest BCUT2D eigenvalue weighted by Gasteiger charge is 2.31.